The van der Waals surface area contributed by atoms with E-state index in [4.69, 9.17) is 4.43 Å². The molecule has 26 heavy (non-hydrogen) atoms. The quantitative estimate of drug-likeness (QED) is 0.577. The Balaban J connectivity index is 2.09. The zero-order valence-corrected chi connectivity index (χ0v) is 17.2. The summed E-state index contributed by atoms with van der Waals surface area (Å²) in [6, 6.07) is 30.3. The number of hydrogen-bond acceptors (Lipinski definition) is 1. The largest absolute Gasteiger partial charge is 0.403 e. The smallest absolute Gasteiger partial charge is 0.261 e. The zero-order valence-electron chi connectivity index (χ0n) is 16.2. The Labute approximate surface area is 158 Å². The van der Waals surface area contributed by atoms with E-state index in [0.29, 0.717) is 6.61 Å². The van der Waals surface area contributed by atoms with E-state index < -0.39 is 8.32 Å². The van der Waals surface area contributed by atoms with Gasteiger partial charge >= 0.3 is 0 Å². The molecular formula is C24H28OSi. The van der Waals surface area contributed by atoms with Crippen molar-refractivity contribution in [3.05, 3.63) is 96.1 Å². The third-order valence-electron chi connectivity index (χ3n) is 4.99. The molecule has 0 aromatic heterocycles. The average molecular weight is 361 g/mol. The molecule has 0 amide bonds. The molecule has 0 aliphatic heterocycles. The molecule has 2 heteroatoms. The maximum atomic E-state index is 6.93. The summed E-state index contributed by atoms with van der Waals surface area (Å²) in [5.74, 6) is 0. The average Bonchev–Trinajstić information content (AvgIpc) is 2.64. The van der Waals surface area contributed by atoms with Crippen molar-refractivity contribution >= 4 is 18.7 Å². The summed E-state index contributed by atoms with van der Waals surface area (Å²) in [7, 11) is -2.45. The molecule has 134 valence electrons. The van der Waals surface area contributed by atoms with Gasteiger partial charge in [0.2, 0.25) is 0 Å². The summed E-state index contributed by atoms with van der Waals surface area (Å²) >= 11 is 0. The Morgan fingerprint density at radius 3 is 1.58 bits per heavy atom. The Morgan fingerprint density at radius 2 is 1.15 bits per heavy atom. The highest BCUT2D eigenvalue weighted by Gasteiger charge is 2.50. The van der Waals surface area contributed by atoms with Crippen molar-refractivity contribution < 1.29 is 4.43 Å². The van der Waals surface area contributed by atoms with Gasteiger partial charge in [-0.25, -0.2) is 0 Å². The highest BCUT2D eigenvalue weighted by Crippen LogP contribution is 2.37. The first-order valence-corrected chi connectivity index (χ1v) is 11.1. The molecule has 0 heterocycles. The summed E-state index contributed by atoms with van der Waals surface area (Å²) in [6.45, 7) is 9.69. The highest BCUT2D eigenvalue weighted by molar-refractivity contribution is 6.99. The normalized spacial score (nSPS) is 12.2. The van der Waals surface area contributed by atoms with Gasteiger partial charge in [-0.3, -0.25) is 0 Å². The molecule has 0 spiro atoms. The van der Waals surface area contributed by atoms with Crippen LogP contribution in [-0.4, -0.2) is 8.32 Å². The van der Waals surface area contributed by atoms with E-state index in [2.05, 4.69) is 113 Å². The van der Waals surface area contributed by atoms with Gasteiger partial charge in [0.1, 0.15) is 0 Å². The molecule has 0 radical (unpaired) electrons. The lowest BCUT2D eigenvalue weighted by molar-refractivity contribution is 0.286. The van der Waals surface area contributed by atoms with E-state index in [1.807, 2.05) is 0 Å². The molecule has 3 aromatic rings. The summed E-state index contributed by atoms with van der Waals surface area (Å²) in [4.78, 5) is 0. The molecule has 0 unspecified atom stereocenters. The van der Waals surface area contributed by atoms with E-state index in [0.717, 1.165) is 0 Å². The minimum atomic E-state index is -2.45. The van der Waals surface area contributed by atoms with Crippen LogP contribution in [-0.2, 0) is 11.0 Å². The van der Waals surface area contributed by atoms with Crippen LogP contribution in [0.2, 0.25) is 5.04 Å². The van der Waals surface area contributed by atoms with Crippen LogP contribution >= 0.6 is 0 Å². The molecular weight excluding hydrogens is 332 g/mol. The van der Waals surface area contributed by atoms with Crippen LogP contribution in [0.4, 0.5) is 0 Å². The second-order valence-electron chi connectivity index (χ2n) is 7.94. The van der Waals surface area contributed by atoms with Crippen LogP contribution in [0.15, 0.2) is 84.9 Å². The van der Waals surface area contributed by atoms with Crippen molar-refractivity contribution in [2.75, 3.05) is 0 Å². The standard InChI is InChI=1S/C24H28OSi/c1-20-15-17-21(18-16-20)19-25-26(24(2,3)4,22-11-7-5-8-12-22)23-13-9-6-10-14-23/h5-18H,19H2,1-4H3. The van der Waals surface area contributed by atoms with Gasteiger partial charge in [-0.1, -0.05) is 111 Å². The molecule has 0 saturated heterocycles. The Kier molecular flexibility index (Phi) is 5.45. The first kappa shape index (κ1) is 18.6. The van der Waals surface area contributed by atoms with Gasteiger partial charge in [0, 0.05) is 0 Å². The van der Waals surface area contributed by atoms with Crippen molar-refractivity contribution in [3.63, 3.8) is 0 Å². The third-order valence-corrected chi connectivity index (χ3v) is 9.98. The maximum absolute atomic E-state index is 6.93. The monoisotopic (exact) mass is 360 g/mol. The number of hydrogen-bond donors (Lipinski definition) is 0. The molecule has 3 aromatic carbocycles. The zero-order chi connectivity index (χ0) is 18.6. The van der Waals surface area contributed by atoms with E-state index in [1.165, 1.54) is 21.5 Å². The minimum Gasteiger partial charge on any atom is -0.403 e. The molecule has 0 bridgehead atoms. The number of rotatable bonds is 5. The summed E-state index contributed by atoms with van der Waals surface area (Å²) in [5, 5.41) is 2.66. The fraction of sp³-hybridized carbons (Fsp3) is 0.250. The molecule has 0 aliphatic carbocycles. The topological polar surface area (TPSA) is 9.23 Å². The summed E-state index contributed by atoms with van der Waals surface area (Å²) in [6.07, 6.45) is 0. The first-order chi connectivity index (χ1) is 12.4. The van der Waals surface area contributed by atoms with Crippen LogP contribution in [0.25, 0.3) is 0 Å². The number of benzene rings is 3. The van der Waals surface area contributed by atoms with Crippen LogP contribution in [0, 0.1) is 6.92 Å². The summed E-state index contributed by atoms with van der Waals surface area (Å²) < 4.78 is 6.93. The predicted molar refractivity (Wildman–Crippen MR) is 114 cm³/mol. The van der Waals surface area contributed by atoms with Gasteiger partial charge in [0.25, 0.3) is 8.32 Å². The molecule has 0 aliphatic rings. The fourth-order valence-electron chi connectivity index (χ4n) is 3.64. The van der Waals surface area contributed by atoms with E-state index >= 15 is 0 Å². The lowest BCUT2D eigenvalue weighted by Gasteiger charge is -2.43. The van der Waals surface area contributed by atoms with Crippen molar-refractivity contribution in [3.8, 4) is 0 Å². The lowest BCUT2D eigenvalue weighted by atomic mass is 10.2. The SMILES string of the molecule is Cc1ccc(CO[Si](c2ccccc2)(c2ccccc2)C(C)(C)C)cc1. The molecule has 0 N–H and O–H groups in total. The molecule has 3 rings (SSSR count). The van der Waals surface area contributed by atoms with Crippen LogP contribution in [0.5, 0.6) is 0 Å². The van der Waals surface area contributed by atoms with Gasteiger partial charge in [0.05, 0.1) is 6.61 Å². The molecule has 0 saturated carbocycles. The van der Waals surface area contributed by atoms with Crippen molar-refractivity contribution in [1.29, 1.82) is 0 Å². The van der Waals surface area contributed by atoms with Crippen LogP contribution < -0.4 is 10.4 Å². The maximum Gasteiger partial charge on any atom is 0.261 e. The van der Waals surface area contributed by atoms with Crippen molar-refractivity contribution in [2.45, 2.75) is 39.3 Å². The molecule has 0 fully saturated rings. The van der Waals surface area contributed by atoms with Crippen molar-refractivity contribution in [2.24, 2.45) is 0 Å². The second kappa shape index (κ2) is 7.61. The minimum absolute atomic E-state index is 0.0143. The van der Waals surface area contributed by atoms with Gasteiger partial charge in [-0.2, -0.15) is 0 Å². The van der Waals surface area contributed by atoms with Gasteiger partial charge in [-0.15, -0.1) is 0 Å². The van der Waals surface area contributed by atoms with Gasteiger partial charge in [0.15, 0.2) is 0 Å². The Bertz CT molecular complexity index is 778. The second-order valence-corrected chi connectivity index (χ2v) is 12.2. The first-order valence-electron chi connectivity index (χ1n) is 9.24. The van der Waals surface area contributed by atoms with E-state index in [-0.39, 0.29) is 5.04 Å². The molecule has 1 nitrogen and oxygen atoms in total. The molecule has 0 atom stereocenters. The van der Waals surface area contributed by atoms with Gasteiger partial charge < -0.3 is 4.43 Å². The van der Waals surface area contributed by atoms with E-state index in [9.17, 15) is 0 Å². The number of aryl methyl sites for hydroxylation is 1. The van der Waals surface area contributed by atoms with Gasteiger partial charge in [-0.05, 0) is 27.9 Å². The highest BCUT2D eigenvalue weighted by atomic mass is 28.4. The van der Waals surface area contributed by atoms with Crippen LogP contribution in [0.1, 0.15) is 31.9 Å². The summed E-state index contributed by atoms with van der Waals surface area (Å²) in [5.41, 5.74) is 2.50. The Morgan fingerprint density at radius 1 is 0.692 bits per heavy atom. The predicted octanol–water partition coefficient (Wildman–Crippen LogP) is 5.07. The lowest BCUT2D eigenvalue weighted by Crippen LogP contribution is -2.66. The Hall–Kier alpha value is -2.16. The third kappa shape index (κ3) is 3.67. The fourth-order valence-corrected chi connectivity index (χ4v) is 8.18. The van der Waals surface area contributed by atoms with E-state index in [1.54, 1.807) is 0 Å². The van der Waals surface area contributed by atoms with Crippen LogP contribution in [0.3, 0.4) is 0 Å². The van der Waals surface area contributed by atoms with Crippen molar-refractivity contribution in [1.82, 2.24) is 0 Å².